The molecule has 0 saturated heterocycles. The van der Waals surface area contributed by atoms with Crippen LogP contribution in [0.15, 0.2) is 48.8 Å². The highest BCUT2D eigenvalue weighted by molar-refractivity contribution is 7.88. The molecular weight excluding hydrogens is 362 g/mol. The first-order chi connectivity index (χ1) is 12.3. The van der Waals surface area contributed by atoms with Crippen LogP contribution in [-0.2, 0) is 29.4 Å². The monoisotopic (exact) mass is 378 g/mol. The van der Waals surface area contributed by atoms with E-state index in [-0.39, 0.29) is 12.1 Å². The lowest BCUT2D eigenvalue weighted by Gasteiger charge is -2.06. The third kappa shape index (κ3) is 4.30. The maximum Gasteiger partial charge on any atom is 0.216 e. The van der Waals surface area contributed by atoms with Crippen LogP contribution in [0.25, 0.3) is 11.3 Å². The number of hydrogen-bond acceptors (Lipinski definition) is 4. The van der Waals surface area contributed by atoms with Crippen molar-refractivity contribution < 1.29 is 17.2 Å². The first-order valence-corrected chi connectivity index (χ1v) is 9.34. The zero-order chi connectivity index (χ0) is 18.7. The third-order valence-electron chi connectivity index (χ3n) is 3.73. The van der Waals surface area contributed by atoms with Gasteiger partial charge in [0, 0.05) is 30.6 Å². The van der Waals surface area contributed by atoms with Crippen LogP contribution >= 0.6 is 0 Å². The normalized spacial score (nSPS) is 11.7. The molecule has 26 heavy (non-hydrogen) atoms. The molecule has 2 aromatic heterocycles. The van der Waals surface area contributed by atoms with Gasteiger partial charge in [-0.05, 0) is 36.4 Å². The zero-order valence-electron chi connectivity index (χ0n) is 13.9. The minimum atomic E-state index is -3.86. The lowest BCUT2D eigenvalue weighted by molar-refractivity contribution is 0.568. The highest BCUT2D eigenvalue weighted by Gasteiger charge is 2.16. The number of hydrogen-bond donors (Lipinski definition) is 1. The number of aryl methyl sites for hydroxylation is 1. The van der Waals surface area contributed by atoms with E-state index in [1.165, 1.54) is 0 Å². The molecule has 0 atom stereocenters. The molecule has 3 aromatic rings. The van der Waals surface area contributed by atoms with Crippen molar-refractivity contribution in [1.82, 2.24) is 19.5 Å². The lowest BCUT2D eigenvalue weighted by atomic mass is 10.2. The van der Waals surface area contributed by atoms with Crippen molar-refractivity contribution in [2.45, 2.75) is 12.3 Å². The molecule has 3 rings (SSSR count). The van der Waals surface area contributed by atoms with Crippen molar-refractivity contribution in [1.29, 1.82) is 0 Å². The molecule has 9 heteroatoms. The second-order valence-electron chi connectivity index (χ2n) is 5.70. The van der Waals surface area contributed by atoms with Crippen LogP contribution in [-0.4, -0.2) is 23.2 Å². The van der Waals surface area contributed by atoms with Crippen molar-refractivity contribution in [2.75, 3.05) is 0 Å². The first-order valence-electron chi connectivity index (χ1n) is 7.68. The predicted octanol–water partition coefficient (Wildman–Crippen LogP) is 2.38. The van der Waals surface area contributed by atoms with Crippen LogP contribution in [0, 0.1) is 11.6 Å². The molecule has 0 unspecified atom stereocenters. The molecule has 0 aliphatic carbocycles. The van der Waals surface area contributed by atoms with Crippen molar-refractivity contribution in [3.63, 3.8) is 0 Å². The summed E-state index contributed by atoms with van der Waals surface area (Å²) in [5.41, 5.74) is 1.97. The number of pyridine rings is 1. The van der Waals surface area contributed by atoms with Gasteiger partial charge < -0.3 is 0 Å². The van der Waals surface area contributed by atoms with Crippen LogP contribution in [0.5, 0.6) is 0 Å². The average Bonchev–Trinajstić information content (AvgIpc) is 2.98. The van der Waals surface area contributed by atoms with Gasteiger partial charge in [0.05, 0.1) is 23.7 Å². The molecule has 0 radical (unpaired) electrons. The van der Waals surface area contributed by atoms with Gasteiger partial charge in [-0.1, -0.05) is 0 Å². The van der Waals surface area contributed by atoms with E-state index in [0.29, 0.717) is 5.69 Å². The second kappa shape index (κ2) is 7.30. The van der Waals surface area contributed by atoms with Gasteiger partial charge in [0.1, 0.15) is 11.6 Å². The Morgan fingerprint density at radius 2 is 1.85 bits per heavy atom. The topological polar surface area (TPSA) is 76.9 Å². The Balaban J connectivity index is 1.71. The zero-order valence-corrected chi connectivity index (χ0v) is 14.7. The molecule has 136 valence electrons. The van der Waals surface area contributed by atoms with E-state index >= 15 is 0 Å². The van der Waals surface area contributed by atoms with Gasteiger partial charge in [-0.15, -0.1) is 0 Å². The van der Waals surface area contributed by atoms with Gasteiger partial charge in [0.25, 0.3) is 0 Å². The number of nitrogens with zero attached hydrogens (tertiary/aromatic N) is 3. The molecule has 0 fully saturated rings. The van der Waals surface area contributed by atoms with Gasteiger partial charge in [0.15, 0.2) is 0 Å². The summed E-state index contributed by atoms with van der Waals surface area (Å²) in [6.45, 7) is -0.0573. The average molecular weight is 378 g/mol. The van der Waals surface area contributed by atoms with Crippen molar-refractivity contribution in [3.8, 4) is 11.3 Å². The molecule has 1 N–H and O–H groups in total. The summed E-state index contributed by atoms with van der Waals surface area (Å²) in [4.78, 5) is 3.95. The third-order valence-corrected chi connectivity index (χ3v) is 5.01. The van der Waals surface area contributed by atoms with E-state index in [2.05, 4.69) is 14.8 Å². The van der Waals surface area contributed by atoms with Gasteiger partial charge in [-0.3, -0.25) is 9.67 Å². The fourth-order valence-corrected chi connectivity index (χ4v) is 3.60. The van der Waals surface area contributed by atoms with Crippen molar-refractivity contribution >= 4 is 10.0 Å². The van der Waals surface area contributed by atoms with Gasteiger partial charge >= 0.3 is 0 Å². The van der Waals surface area contributed by atoms with Crippen LogP contribution in [0.1, 0.15) is 11.3 Å². The SMILES string of the molecule is Cn1nc(CNS(=O)(=O)Cc2cc(F)ccc2F)cc1-c1ccncc1. The standard InChI is InChI=1S/C17H16F2N4O2S/c1-23-17(12-4-6-20-7-5-12)9-15(22-23)10-21-26(24,25)11-13-8-14(18)2-3-16(13)19/h2-9,21H,10-11H2,1H3. The van der Waals surface area contributed by atoms with E-state index in [0.717, 1.165) is 29.5 Å². The lowest BCUT2D eigenvalue weighted by Crippen LogP contribution is -2.25. The van der Waals surface area contributed by atoms with Gasteiger partial charge in [-0.2, -0.15) is 5.10 Å². The minimum Gasteiger partial charge on any atom is -0.268 e. The van der Waals surface area contributed by atoms with Gasteiger partial charge in [-0.25, -0.2) is 21.9 Å². The molecule has 1 aromatic carbocycles. The summed E-state index contributed by atoms with van der Waals surface area (Å²) in [5.74, 6) is -2.11. The highest BCUT2D eigenvalue weighted by atomic mass is 32.2. The summed E-state index contributed by atoms with van der Waals surface area (Å²) >= 11 is 0. The Hall–Kier alpha value is -2.65. The van der Waals surface area contributed by atoms with Gasteiger partial charge in [0.2, 0.25) is 10.0 Å². The highest BCUT2D eigenvalue weighted by Crippen LogP contribution is 2.19. The van der Waals surface area contributed by atoms with Crippen LogP contribution < -0.4 is 4.72 Å². The molecular formula is C17H16F2N4O2S. The molecule has 6 nitrogen and oxygen atoms in total. The minimum absolute atomic E-state index is 0.0573. The summed E-state index contributed by atoms with van der Waals surface area (Å²) < 4.78 is 55.1. The van der Waals surface area contributed by atoms with E-state index in [4.69, 9.17) is 0 Å². The van der Waals surface area contributed by atoms with Crippen molar-refractivity contribution in [3.05, 3.63) is 71.7 Å². The Labute approximate surface area is 149 Å². The number of sulfonamides is 1. The maximum absolute atomic E-state index is 13.6. The van der Waals surface area contributed by atoms with E-state index in [9.17, 15) is 17.2 Å². The molecule has 0 aliphatic rings. The van der Waals surface area contributed by atoms with Crippen LogP contribution in [0.4, 0.5) is 8.78 Å². The quantitative estimate of drug-likeness (QED) is 0.715. The predicted molar refractivity (Wildman–Crippen MR) is 92.3 cm³/mol. The Morgan fingerprint density at radius 3 is 2.58 bits per heavy atom. The number of benzene rings is 1. The van der Waals surface area contributed by atoms with Crippen LogP contribution in [0.3, 0.4) is 0 Å². The van der Waals surface area contributed by atoms with Crippen LogP contribution in [0.2, 0.25) is 0 Å². The number of aromatic nitrogens is 3. The van der Waals surface area contributed by atoms with E-state index < -0.39 is 27.4 Å². The summed E-state index contributed by atoms with van der Waals surface area (Å²) in [6.07, 6.45) is 3.30. The first kappa shape index (κ1) is 18.2. The number of rotatable bonds is 6. The van der Waals surface area contributed by atoms with Crippen molar-refractivity contribution in [2.24, 2.45) is 7.05 Å². The molecule has 0 spiro atoms. The largest absolute Gasteiger partial charge is 0.268 e. The molecule has 0 saturated carbocycles. The number of nitrogens with one attached hydrogen (secondary N) is 1. The molecule has 0 amide bonds. The fourth-order valence-electron chi connectivity index (χ4n) is 2.50. The summed E-state index contributed by atoms with van der Waals surface area (Å²) in [5, 5.41) is 4.26. The Kier molecular flexibility index (Phi) is 5.10. The Bertz CT molecular complexity index is 1020. The van der Waals surface area contributed by atoms with E-state index in [1.807, 2.05) is 12.1 Å². The Morgan fingerprint density at radius 1 is 1.12 bits per heavy atom. The fraction of sp³-hybridized carbons (Fsp3) is 0.176. The van der Waals surface area contributed by atoms with E-state index in [1.54, 1.807) is 30.2 Å². The smallest absolute Gasteiger partial charge is 0.216 e. The molecule has 0 bridgehead atoms. The summed E-state index contributed by atoms with van der Waals surface area (Å²) in [6, 6.07) is 8.10. The molecule has 2 heterocycles. The maximum atomic E-state index is 13.6. The second-order valence-corrected chi connectivity index (χ2v) is 7.50. The number of halogens is 2. The summed E-state index contributed by atoms with van der Waals surface area (Å²) in [7, 11) is -2.11. The molecule has 0 aliphatic heterocycles.